The van der Waals surface area contributed by atoms with Crippen LogP contribution in [0.15, 0.2) is 42.7 Å². The van der Waals surface area contributed by atoms with E-state index in [9.17, 15) is 13.2 Å². The third-order valence-corrected chi connectivity index (χ3v) is 4.40. The van der Waals surface area contributed by atoms with Gasteiger partial charge in [-0.3, -0.25) is 0 Å². The Morgan fingerprint density at radius 1 is 1.00 bits per heavy atom. The number of nitrogen functional groups attached to an aromatic ring is 1. The van der Waals surface area contributed by atoms with Gasteiger partial charge in [0, 0.05) is 10.7 Å². The van der Waals surface area contributed by atoms with Crippen molar-refractivity contribution in [3.05, 3.63) is 58.3 Å². The Balaban J connectivity index is 1.91. The summed E-state index contributed by atoms with van der Waals surface area (Å²) < 4.78 is 44.4. The van der Waals surface area contributed by atoms with Crippen molar-refractivity contribution >= 4 is 51.9 Å². The fourth-order valence-corrected chi connectivity index (χ4v) is 2.85. The van der Waals surface area contributed by atoms with Crippen LogP contribution in [0.1, 0.15) is 5.56 Å². The summed E-state index contributed by atoms with van der Waals surface area (Å²) in [4.78, 5) is 8.06. The Kier molecular flexibility index (Phi) is 5.90. The number of hydrogen-bond donors (Lipinski definition) is 3. The molecule has 0 aliphatic rings. The minimum atomic E-state index is -4.60. The molecule has 1 heterocycles. The van der Waals surface area contributed by atoms with Gasteiger partial charge < -0.3 is 21.1 Å². The van der Waals surface area contributed by atoms with Crippen LogP contribution in [0.5, 0.6) is 5.75 Å². The third-order valence-electron chi connectivity index (χ3n) is 3.83. The molecule has 0 unspecified atom stereocenters. The summed E-state index contributed by atoms with van der Waals surface area (Å²) in [5, 5.41) is 5.77. The highest BCUT2D eigenvalue weighted by molar-refractivity contribution is 6.31. The molecule has 0 atom stereocenters. The zero-order valence-corrected chi connectivity index (χ0v) is 16.3. The van der Waals surface area contributed by atoms with E-state index in [1.807, 2.05) is 0 Å². The number of halogens is 5. The summed E-state index contributed by atoms with van der Waals surface area (Å²) in [5.41, 5.74) is 5.81. The first-order valence-electron chi connectivity index (χ1n) is 8.04. The Labute approximate surface area is 173 Å². The molecule has 0 spiro atoms. The Morgan fingerprint density at radius 3 is 2.34 bits per heavy atom. The molecule has 0 fully saturated rings. The van der Waals surface area contributed by atoms with Gasteiger partial charge >= 0.3 is 6.18 Å². The molecule has 0 bridgehead atoms. The second-order valence-electron chi connectivity index (χ2n) is 5.77. The first kappa shape index (κ1) is 20.8. The minimum Gasteiger partial charge on any atom is -0.495 e. The van der Waals surface area contributed by atoms with E-state index in [-0.39, 0.29) is 23.0 Å². The van der Waals surface area contributed by atoms with Crippen LogP contribution in [-0.4, -0.2) is 17.1 Å². The molecule has 29 heavy (non-hydrogen) atoms. The zero-order chi connectivity index (χ0) is 21.2. The highest BCUT2D eigenvalue weighted by atomic mass is 35.5. The molecule has 3 aromatic rings. The van der Waals surface area contributed by atoms with Crippen LogP contribution in [0.2, 0.25) is 10.0 Å². The first-order chi connectivity index (χ1) is 13.7. The van der Waals surface area contributed by atoms with Crippen LogP contribution >= 0.6 is 23.2 Å². The topological polar surface area (TPSA) is 85.1 Å². The molecule has 0 aliphatic carbocycles. The largest absolute Gasteiger partial charge is 0.495 e. The van der Waals surface area contributed by atoms with Gasteiger partial charge in [-0.15, -0.1) is 0 Å². The van der Waals surface area contributed by atoms with Gasteiger partial charge in [0.05, 0.1) is 23.4 Å². The van der Waals surface area contributed by atoms with Crippen molar-refractivity contribution < 1.29 is 17.9 Å². The van der Waals surface area contributed by atoms with Crippen LogP contribution in [0.3, 0.4) is 0 Å². The summed E-state index contributed by atoms with van der Waals surface area (Å²) in [6, 6.07) is 8.32. The molecule has 0 radical (unpaired) electrons. The quantitative estimate of drug-likeness (QED) is 0.456. The van der Waals surface area contributed by atoms with Gasteiger partial charge in [-0.2, -0.15) is 13.2 Å². The number of anilines is 5. The molecule has 0 saturated carbocycles. The molecule has 1 aromatic heterocycles. The summed E-state index contributed by atoms with van der Waals surface area (Å²) >= 11 is 11.6. The van der Waals surface area contributed by atoms with E-state index in [1.165, 1.54) is 19.5 Å². The smallest absolute Gasteiger partial charge is 0.417 e. The van der Waals surface area contributed by atoms with Crippen molar-refractivity contribution in [2.75, 3.05) is 23.5 Å². The summed E-state index contributed by atoms with van der Waals surface area (Å²) in [7, 11) is 1.49. The maximum atomic E-state index is 13.1. The number of rotatable bonds is 5. The lowest BCUT2D eigenvalue weighted by molar-refractivity contribution is -0.137. The summed E-state index contributed by atoms with van der Waals surface area (Å²) in [6.45, 7) is 0. The lowest BCUT2D eigenvalue weighted by atomic mass is 10.2. The Hall–Kier alpha value is -2.91. The van der Waals surface area contributed by atoms with Crippen LogP contribution < -0.4 is 21.1 Å². The van der Waals surface area contributed by atoms with Crippen molar-refractivity contribution in [2.45, 2.75) is 6.18 Å². The minimum absolute atomic E-state index is 0.0815. The normalized spacial score (nSPS) is 11.2. The van der Waals surface area contributed by atoms with Crippen molar-refractivity contribution in [3.8, 4) is 5.75 Å². The Morgan fingerprint density at radius 2 is 1.69 bits per heavy atom. The van der Waals surface area contributed by atoms with Crippen LogP contribution in [-0.2, 0) is 6.18 Å². The van der Waals surface area contributed by atoms with E-state index in [2.05, 4.69) is 20.6 Å². The number of nitrogens with one attached hydrogen (secondary N) is 2. The second-order valence-corrected chi connectivity index (χ2v) is 6.62. The van der Waals surface area contributed by atoms with E-state index < -0.39 is 16.8 Å². The zero-order valence-electron chi connectivity index (χ0n) is 14.8. The highest BCUT2D eigenvalue weighted by Gasteiger charge is 2.33. The monoisotopic (exact) mass is 443 g/mol. The molecule has 6 nitrogen and oxygen atoms in total. The Bertz CT molecular complexity index is 1050. The van der Waals surface area contributed by atoms with Gasteiger partial charge in [0.2, 0.25) is 0 Å². The number of hydrogen-bond acceptors (Lipinski definition) is 6. The van der Waals surface area contributed by atoms with Crippen LogP contribution in [0.4, 0.5) is 41.9 Å². The number of aromatic nitrogens is 2. The number of ether oxygens (including phenoxy) is 1. The predicted octanol–water partition coefficient (Wildman–Crippen LogP) is 5.88. The van der Waals surface area contributed by atoms with Crippen molar-refractivity contribution in [1.29, 1.82) is 0 Å². The molecule has 2 aromatic carbocycles. The number of nitrogens with two attached hydrogens (primary N) is 1. The lowest BCUT2D eigenvalue weighted by Gasteiger charge is -2.15. The molecular weight excluding hydrogens is 430 g/mol. The molecule has 4 N–H and O–H groups in total. The standard InChI is InChI=1S/C18H14Cl2F3N5O/c1-29-14-5-2-9(19)6-13(14)28-17-15(24)16(25-8-26-17)27-10-3-4-12(20)11(7-10)18(21,22)23/h2-8H,24H2,1H3,(H2,25,26,27,28). The van der Waals surface area contributed by atoms with E-state index in [0.29, 0.717) is 16.5 Å². The average molecular weight is 444 g/mol. The van der Waals surface area contributed by atoms with Crippen molar-refractivity contribution in [2.24, 2.45) is 0 Å². The molecule has 3 rings (SSSR count). The molecule has 11 heteroatoms. The van der Waals surface area contributed by atoms with E-state index in [4.69, 9.17) is 33.7 Å². The van der Waals surface area contributed by atoms with Gasteiger partial charge in [0.1, 0.15) is 17.8 Å². The number of alkyl halides is 3. The molecule has 0 aliphatic heterocycles. The van der Waals surface area contributed by atoms with E-state index >= 15 is 0 Å². The average Bonchev–Trinajstić information content (AvgIpc) is 2.66. The SMILES string of the molecule is COc1ccc(Cl)cc1Nc1ncnc(Nc2ccc(Cl)c(C(F)(F)F)c2)c1N. The predicted molar refractivity (Wildman–Crippen MR) is 107 cm³/mol. The van der Waals surface area contributed by atoms with Gasteiger partial charge in [-0.1, -0.05) is 23.2 Å². The molecule has 0 amide bonds. The number of nitrogens with zero attached hydrogens (tertiary/aromatic N) is 2. The number of benzene rings is 2. The third kappa shape index (κ3) is 4.75. The second kappa shape index (κ2) is 8.22. The van der Waals surface area contributed by atoms with Crippen molar-refractivity contribution in [1.82, 2.24) is 9.97 Å². The van der Waals surface area contributed by atoms with Gasteiger partial charge in [-0.25, -0.2) is 9.97 Å². The van der Waals surface area contributed by atoms with Gasteiger partial charge in [0.25, 0.3) is 0 Å². The van der Waals surface area contributed by atoms with Crippen LogP contribution in [0, 0.1) is 0 Å². The van der Waals surface area contributed by atoms with Gasteiger partial charge in [-0.05, 0) is 36.4 Å². The van der Waals surface area contributed by atoms with E-state index in [0.717, 1.165) is 12.1 Å². The highest BCUT2D eigenvalue weighted by Crippen LogP contribution is 2.38. The lowest BCUT2D eigenvalue weighted by Crippen LogP contribution is -2.08. The molecule has 152 valence electrons. The van der Waals surface area contributed by atoms with Gasteiger partial charge in [0.15, 0.2) is 11.6 Å². The van der Waals surface area contributed by atoms with Crippen LogP contribution in [0.25, 0.3) is 0 Å². The maximum absolute atomic E-state index is 13.1. The molecule has 0 saturated heterocycles. The number of methoxy groups -OCH3 is 1. The fourth-order valence-electron chi connectivity index (χ4n) is 2.46. The summed E-state index contributed by atoms with van der Waals surface area (Å²) in [6.07, 6.45) is -3.39. The first-order valence-corrected chi connectivity index (χ1v) is 8.79. The van der Waals surface area contributed by atoms with E-state index in [1.54, 1.807) is 18.2 Å². The summed E-state index contributed by atoms with van der Waals surface area (Å²) in [5.74, 6) is 0.821. The maximum Gasteiger partial charge on any atom is 0.417 e. The van der Waals surface area contributed by atoms with Crippen molar-refractivity contribution in [3.63, 3.8) is 0 Å². The fraction of sp³-hybridized carbons (Fsp3) is 0.111. The molecular formula is C18H14Cl2F3N5O.